The summed E-state index contributed by atoms with van der Waals surface area (Å²) in [6, 6.07) is 10.5. The maximum absolute atomic E-state index is 6.11. The Morgan fingerprint density at radius 1 is 1.22 bits per heavy atom. The lowest BCUT2D eigenvalue weighted by Crippen LogP contribution is -2.06. The van der Waals surface area contributed by atoms with Crippen molar-refractivity contribution in [3.05, 3.63) is 47.5 Å². The number of hydrogen-bond donors (Lipinski definition) is 1. The van der Waals surface area contributed by atoms with Crippen LogP contribution >= 0.6 is 11.6 Å². The molecule has 0 aliphatic carbocycles. The van der Waals surface area contributed by atoms with Crippen molar-refractivity contribution in [1.82, 2.24) is 19.5 Å². The number of hydrogen-bond acceptors (Lipinski definition) is 4. The Balaban J connectivity index is 1.91. The van der Waals surface area contributed by atoms with Crippen LogP contribution < -0.4 is 5.32 Å². The van der Waals surface area contributed by atoms with E-state index in [-0.39, 0.29) is 5.28 Å². The topological polar surface area (TPSA) is 55.6 Å². The molecule has 2 heterocycles. The van der Waals surface area contributed by atoms with Gasteiger partial charge in [-0.05, 0) is 30.5 Å². The first-order chi connectivity index (χ1) is 11.2. The van der Waals surface area contributed by atoms with Crippen molar-refractivity contribution >= 4 is 28.6 Å². The van der Waals surface area contributed by atoms with Gasteiger partial charge < -0.3 is 9.88 Å². The molecule has 0 fully saturated rings. The number of imidazole rings is 1. The minimum absolute atomic E-state index is 0.235. The van der Waals surface area contributed by atoms with Crippen molar-refractivity contribution in [2.45, 2.75) is 39.3 Å². The molecule has 0 spiro atoms. The Bertz CT molecular complexity index is 784. The SMILES string of the molecule is CCCC(C)n1cnc2c(NCc3ccccc3)nc(Cl)nc21. The summed E-state index contributed by atoms with van der Waals surface area (Å²) in [4.78, 5) is 13.2. The van der Waals surface area contributed by atoms with Gasteiger partial charge in [0.25, 0.3) is 0 Å². The molecule has 0 aliphatic rings. The number of halogens is 1. The molecule has 2 aromatic heterocycles. The van der Waals surface area contributed by atoms with E-state index in [9.17, 15) is 0 Å². The van der Waals surface area contributed by atoms with Gasteiger partial charge in [-0.3, -0.25) is 0 Å². The van der Waals surface area contributed by atoms with E-state index in [0.29, 0.717) is 18.4 Å². The summed E-state index contributed by atoms with van der Waals surface area (Å²) in [6.45, 7) is 5.00. The minimum atomic E-state index is 0.235. The van der Waals surface area contributed by atoms with Gasteiger partial charge in [0.05, 0.1) is 6.33 Å². The highest BCUT2D eigenvalue weighted by atomic mass is 35.5. The summed E-state index contributed by atoms with van der Waals surface area (Å²) in [5, 5.41) is 3.55. The fraction of sp³-hybridized carbons (Fsp3) is 0.353. The maximum atomic E-state index is 6.11. The van der Waals surface area contributed by atoms with Crippen LogP contribution in [0.2, 0.25) is 5.28 Å². The average molecular weight is 330 g/mol. The molecule has 1 unspecified atom stereocenters. The van der Waals surface area contributed by atoms with E-state index in [2.05, 4.69) is 50.8 Å². The second-order valence-corrected chi connectivity index (χ2v) is 5.98. The first-order valence-electron chi connectivity index (χ1n) is 7.87. The van der Waals surface area contributed by atoms with Gasteiger partial charge in [-0.2, -0.15) is 9.97 Å². The lowest BCUT2D eigenvalue weighted by Gasteiger charge is -2.13. The summed E-state index contributed by atoms with van der Waals surface area (Å²) in [5.74, 6) is 0.673. The third-order valence-electron chi connectivity index (χ3n) is 3.88. The Hall–Kier alpha value is -2.14. The molecule has 3 aromatic rings. The van der Waals surface area contributed by atoms with Gasteiger partial charge in [-0.25, -0.2) is 4.98 Å². The molecule has 0 saturated carbocycles. The summed E-state index contributed by atoms with van der Waals surface area (Å²) in [7, 11) is 0. The van der Waals surface area contributed by atoms with Crippen LogP contribution in [0.5, 0.6) is 0 Å². The standard InChI is InChI=1S/C17H20ClN5/c1-3-7-12(2)23-11-20-14-15(21-17(18)22-16(14)23)19-10-13-8-5-4-6-9-13/h4-6,8-9,11-12H,3,7,10H2,1-2H3,(H,19,21,22). The first-order valence-corrected chi connectivity index (χ1v) is 8.24. The zero-order valence-corrected chi connectivity index (χ0v) is 14.1. The van der Waals surface area contributed by atoms with Crippen LogP contribution in [0, 0.1) is 0 Å². The number of nitrogens with one attached hydrogen (secondary N) is 1. The predicted molar refractivity (Wildman–Crippen MR) is 93.7 cm³/mol. The molecular weight excluding hydrogens is 310 g/mol. The molecule has 5 nitrogen and oxygen atoms in total. The van der Waals surface area contributed by atoms with Crippen molar-refractivity contribution < 1.29 is 0 Å². The van der Waals surface area contributed by atoms with E-state index in [1.54, 1.807) is 0 Å². The molecule has 0 amide bonds. The van der Waals surface area contributed by atoms with Crippen LogP contribution in [0.3, 0.4) is 0 Å². The van der Waals surface area contributed by atoms with E-state index < -0.39 is 0 Å². The van der Waals surface area contributed by atoms with Gasteiger partial charge in [0.2, 0.25) is 5.28 Å². The minimum Gasteiger partial charge on any atom is -0.364 e. The molecule has 1 atom stereocenters. The van der Waals surface area contributed by atoms with Crippen LogP contribution in [0.15, 0.2) is 36.7 Å². The van der Waals surface area contributed by atoms with Gasteiger partial charge in [-0.15, -0.1) is 0 Å². The quantitative estimate of drug-likeness (QED) is 0.679. The number of anilines is 1. The first kappa shape index (κ1) is 15.7. The van der Waals surface area contributed by atoms with E-state index in [0.717, 1.165) is 24.0 Å². The summed E-state index contributed by atoms with van der Waals surface area (Å²) >= 11 is 6.11. The summed E-state index contributed by atoms with van der Waals surface area (Å²) in [5.41, 5.74) is 2.71. The van der Waals surface area contributed by atoms with Gasteiger partial charge >= 0.3 is 0 Å². The molecule has 0 aliphatic heterocycles. The van der Waals surface area contributed by atoms with Crippen molar-refractivity contribution in [3.63, 3.8) is 0 Å². The number of nitrogens with zero attached hydrogens (tertiary/aromatic N) is 4. The van der Waals surface area contributed by atoms with E-state index in [1.807, 2.05) is 24.5 Å². The second kappa shape index (κ2) is 6.96. The largest absolute Gasteiger partial charge is 0.364 e. The van der Waals surface area contributed by atoms with E-state index in [4.69, 9.17) is 11.6 Å². The molecule has 0 bridgehead atoms. The third-order valence-corrected chi connectivity index (χ3v) is 4.05. The number of aromatic nitrogens is 4. The Morgan fingerprint density at radius 2 is 2.00 bits per heavy atom. The van der Waals surface area contributed by atoms with Crippen LogP contribution in [0.25, 0.3) is 11.2 Å². The fourth-order valence-corrected chi connectivity index (χ4v) is 2.84. The van der Waals surface area contributed by atoms with Crippen molar-refractivity contribution in [2.24, 2.45) is 0 Å². The zero-order chi connectivity index (χ0) is 16.2. The molecule has 1 N–H and O–H groups in total. The molecule has 23 heavy (non-hydrogen) atoms. The average Bonchev–Trinajstić information content (AvgIpc) is 2.97. The summed E-state index contributed by atoms with van der Waals surface area (Å²) in [6.07, 6.45) is 4.00. The highest BCUT2D eigenvalue weighted by Crippen LogP contribution is 2.25. The van der Waals surface area contributed by atoms with Crippen LogP contribution in [0.4, 0.5) is 5.82 Å². The predicted octanol–water partition coefficient (Wildman–Crippen LogP) is 4.45. The van der Waals surface area contributed by atoms with Crippen molar-refractivity contribution in [1.29, 1.82) is 0 Å². The maximum Gasteiger partial charge on any atom is 0.226 e. The summed E-state index contributed by atoms with van der Waals surface area (Å²) < 4.78 is 2.07. The molecule has 6 heteroatoms. The molecule has 3 rings (SSSR count). The molecule has 120 valence electrons. The molecular formula is C17H20ClN5. The molecule has 1 aromatic carbocycles. The smallest absolute Gasteiger partial charge is 0.226 e. The highest BCUT2D eigenvalue weighted by molar-refractivity contribution is 6.28. The van der Waals surface area contributed by atoms with Crippen molar-refractivity contribution in [3.8, 4) is 0 Å². The monoisotopic (exact) mass is 329 g/mol. The van der Waals surface area contributed by atoms with Crippen LogP contribution in [0.1, 0.15) is 38.3 Å². The van der Waals surface area contributed by atoms with Crippen LogP contribution in [-0.4, -0.2) is 19.5 Å². The lowest BCUT2D eigenvalue weighted by molar-refractivity contribution is 0.509. The second-order valence-electron chi connectivity index (χ2n) is 5.64. The zero-order valence-electron chi connectivity index (χ0n) is 13.3. The molecule has 0 saturated heterocycles. The van der Waals surface area contributed by atoms with Crippen LogP contribution in [-0.2, 0) is 6.54 Å². The number of benzene rings is 1. The van der Waals surface area contributed by atoms with E-state index >= 15 is 0 Å². The number of fused-ring (bicyclic) bond motifs is 1. The Morgan fingerprint density at radius 3 is 2.74 bits per heavy atom. The van der Waals surface area contributed by atoms with Gasteiger partial charge in [0.1, 0.15) is 0 Å². The van der Waals surface area contributed by atoms with E-state index in [1.165, 1.54) is 5.56 Å². The lowest BCUT2D eigenvalue weighted by atomic mass is 10.2. The van der Waals surface area contributed by atoms with Gasteiger partial charge in [0.15, 0.2) is 17.0 Å². The normalized spacial score (nSPS) is 12.5. The third kappa shape index (κ3) is 3.45. The Labute approximate surface area is 140 Å². The highest BCUT2D eigenvalue weighted by Gasteiger charge is 2.15. The Kier molecular flexibility index (Phi) is 4.76. The van der Waals surface area contributed by atoms with Crippen molar-refractivity contribution in [2.75, 3.05) is 5.32 Å². The molecule has 0 radical (unpaired) electrons. The number of rotatable bonds is 6. The van der Waals surface area contributed by atoms with Gasteiger partial charge in [0, 0.05) is 12.6 Å². The fourth-order valence-electron chi connectivity index (χ4n) is 2.67. The van der Waals surface area contributed by atoms with Gasteiger partial charge in [-0.1, -0.05) is 43.7 Å².